The molecule has 2 atom stereocenters. The fraction of sp³-hybridized carbons (Fsp3) is 0.619. The molecule has 1 fully saturated rings. The zero-order valence-corrected chi connectivity index (χ0v) is 18.6. The number of piperidine rings is 1. The molecule has 2 aromatic heterocycles. The number of aromatic nitrogens is 2. The van der Waals surface area contributed by atoms with E-state index in [0.717, 1.165) is 55.7 Å². The fourth-order valence-electron chi connectivity index (χ4n) is 4.52. The highest BCUT2D eigenvalue weighted by Crippen LogP contribution is 2.49. The van der Waals surface area contributed by atoms with E-state index in [4.69, 9.17) is 21.1 Å². The van der Waals surface area contributed by atoms with Gasteiger partial charge in [0.1, 0.15) is 11.4 Å². The molecule has 29 heavy (non-hydrogen) atoms. The topological polar surface area (TPSA) is 67.7 Å². The lowest BCUT2D eigenvalue weighted by atomic mass is 9.81. The summed E-state index contributed by atoms with van der Waals surface area (Å²) in [6.45, 7) is 5.36. The van der Waals surface area contributed by atoms with Gasteiger partial charge in [0.05, 0.1) is 24.2 Å². The van der Waals surface area contributed by atoms with E-state index in [1.54, 1.807) is 18.4 Å². The van der Waals surface area contributed by atoms with Gasteiger partial charge in [-0.25, -0.2) is 9.97 Å². The van der Waals surface area contributed by atoms with Crippen molar-refractivity contribution >= 4 is 22.9 Å². The van der Waals surface area contributed by atoms with Crippen LogP contribution in [-0.4, -0.2) is 52.9 Å². The third-order valence-corrected chi connectivity index (χ3v) is 7.80. The van der Waals surface area contributed by atoms with Crippen LogP contribution in [0.25, 0.3) is 0 Å². The van der Waals surface area contributed by atoms with Crippen LogP contribution in [0, 0.1) is 0 Å². The van der Waals surface area contributed by atoms with Gasteiger partial charge >= 0.3 is 0 Å². The summed E-state index contributed by atoms with van der Waals surface area (Å²) in [4.78, 5) is 12.6. The molecule has 1 spiro atoms. The van der Waals surface area contributed by atoms with Crippen molar-refractivity contribution in [1.82, 2.24) is 14.9 Å². The van der Waals surface area contributed by atoms with Crippen molar-refractivity contribution in [3.63, 3.8) is 0 Å². The number of nitrogens with zero attached hydrogens (tertiary/aromatic N) is 3. The Labute approximate surface area is 180 Å². The Balaban J connectivity index is 1.45. The molecule has 158 valence electrons. The van der Waals surface area contributed by atoms with Crippen molar-refractivity contribution in [3.8, 4) is 0 Å². The number of ether oxygens (including phenoxy) is 2. The molecule has 2 aromatic rings. The van der Waals surface area contributed by atoms with Gasteiger partial charge in [-0.05, 0) is 31.7 Å². The van der Waals surface area contributed by atoms with Crippen LogP contribution in [0.4, 0.5) is 0 Å². The number of fused-ring (bicyclic) bond motifs is 2. The lowest BCUT2D eigenvalue weighted by Gasteiger charge is -2.47. The molecule has 1 N–H and O–H groups in total. The number of rotatable bonds is 6. The Morgan fingerprint density at radius 1 is 1.41 bits per heavy atom. The van der Waals surface area contributed by atoms with Gasteiger partial charge in [-0.1, -0.05) is 11.6 Å². The normalized spacial score (nSPS) is 24.8. The smallest absolute Gasteiger partial charge is 0.130 e. The van der Waals surface area contributed by atoms with Gasteiger partial charge in [-0.2, -0.15) is 0 Å². The minimum Gasteiger partial charge on any atom is -0.392 e. The largest absolute Gasteiger partial charge is 0.392 e. The summed E-state index contributed by atoms with van der Waals surface area (Å²) >= 11 is 8.02. The minimum absolute atomic E-state index is 0.00278. The Morgan fingerprint density at radius 2 is 2.21 bits per heavy atom. The summed E-state index contributed by atoms with van der Waals surface area (Å²) in [6, 6.07) is 0.362. The zero-order valence-electron chi connectivity index (χ0n) is 17.0. The van der Waals surface area contributed by atoms with Gasteiger partial charge < -0.3 is 14.6 Å². The van der Waals surface area contributed by atoms with Gasteiger partial charge in [0.15, 0.2) is 0 Å². The van der Waals surface area contributed by atoms with Crippen LogP contribution < -0.4 is 0 Å². The number of aliphatic hydroxyl groups is 1. The van der Waals surface area contributed by atoms with Crippen molar-refractivity contribution < 1.29 is 14.6 Å². The van der Waals surface area contributed by atoms with Gasteiger partial charge in [-0.3, -0.25) is 4.90 Å². The average Bonchev–Trinajstić information content (AvgIpc) is 3.06. The fourth-order valence-corrected chi connectivity index (χ4v) is 6.19. The van der Waals surface area contributed by atoms with E-state index in [2.05, 4.69) is 21.8 Å². The Hall–Kier alpha value is -1.09. The Kier molecular flexibility index (Phi) is 6.53. The number of hydrogen-bond acceptors (Lipinski definition) is 7. The molecule has 0 aliphatic carbocycles. The molecule has 1 saturated heterocycles. The number of methoxy groups -OCH3 is 1. The maximum atomic E-state index is 9.73. The summed E-state index contributed by atoms with van der Waals surface area (Å²) in [5, 5.41) is 9.73. The van der Waals surface area contributed by atoms with Gasteiger partial charge in [0, 0.05) is 61.1 Å². The molecule has 8 heteroatoms. The van der Waals surface area contributed by atoms with Crippen LogP contribution >= 0.6 is 22.9 Å². The first-order valence-electron chi connectivity index (χ1n) is 10.1. The summed E-state index contributed by atoms with van der Waals surface area (Å²) in [7, 11) is 1.69. The summed E-state index contributed by atoms with van der Waals surface area (Å²) in [5.74, 6) is 0.818. The van der Waals surface area contributed by atoms with Crippen molar-refractivity contribution in [1.29, 1.82) is 0 Å². The second kappa shape index (κ2) is 8.96. The minimum atomic E-state index is -0.272. The second-order valence-electron chi connectivity index (χ2n) is 7.94. The van der Waals surface area contributed by atoms with Crippen LogP contribution in [0.1, 0.15) is 47.2 Å². The number of aliphatic hydroxyl groups excluding tert-OH is 1. The van der Waals surface area contributed by atoms with Crippen LogP contribution in [0.3, 0.4) is 0 Å². The number of halogens is 1. The van der Waals surface area contributed by atoms with E-state index in [1.165, 1.54) is 10.4 Å². The van der Waals surface area contributed by atoms with Crippen molar-refractivity contribution in [3.05, 3.63) is 44.1 Å². The molecule has 2 aliphatic rings. The van der Waals surface area contributed by atoms with E-state index in [-0.39, 0.29) is 12.2 Å². The van der Waals surface area contributed by atoms with Crippen LogP contribution in [0.2, 0.25) is 4.34 Å². The molecule has 0 saturated carbocycles. The molecule has 6 nitrogen and oxygen atoms in total. The van der Waals surface area contributed by atoms with E-state index in [0.29, 0.717) is 23.6 Å². The molecule has 4 heterocycles. The molecule has 0 bridgehead atoms. The molecule has 4 rings (SSSR count). The highest BCUT2D eigenvalue weighted by atomic mass is 35.5. The quantitative estimate of drug-likeness (QED) is 0.747. The van der Waals surface area contributed by atoms with E-state index >= 15 is 0 Å². The van der Waals surface area contributed by atoms with E-state index in [9.17, 15) is 5.11 Å². The molecular weight excluding hydrogens is 410 g/mol. The molecular formula is C21H28ClN3O3S. The SMILES string of the molecule is COCCc1ncc(CN2CC[C@]3(C[C@@H]2C)OCCc2c3sc(Cl)c2CO)cn1. The number of likely N-dealkylation sites (tertiary alicyclic amines) is 1. The Morgan fingerprint density at radius 3 is 2.90 bits per heavy atom. The van der Waals surface area contributed by atoms with Crippen molar-refractivity contribution in [2.24, 2.45) is 0 Å². The van der Waals surface area contributed by atoms with Crippen LogP contribution in [0.15, 0.2) is 12.4 Å². The number of thiophene rings is 1. The van der Waals surface area contributed by atoms with Crippen LogP contribution in [0.5, 0.6) is 0 Å². The van der Waals surface area contributed by atoms with Crippen molar-refractivity contribution in [2.45, 2.75) is 57.4 Å². The average molecular weight is 438 g/mol. The maximum absolute atomic E-state index is 9.73. The number of hydrogen-bond donors (Lipinski definition) is 1. The third kappa shape index (κ3) is 4.22. The summed E-state index contributed by atoms with van der Waals surface area (Å²) in [5.41, 5.74) is 2.97. The first-order valence-corrected chi connectivity index (χ1v) is 11.3. The Bertz CT molecular complexity index is 844. The highest BCUT2D eigenvalue weighted by Gasteiger charge is 2.45. The summed E-state index contributed by atoms with van der Waals surface area (Å²) < 4.78 is 12.2. The van der Waals surface area contributed by atoms with E-state index in [1.807, 2.05) is 12.4 Å². The van der Waals surface area contributed by atoms with Crippen LogP contribution in [-0.2, 0) is 41.1 Å². The molecule has 0 radical (unpaired) electrons. The predicted molar refractivity (Wildman–Crippen MR) is 113 cm³/mol. The summed E-state index contributed by atoms with van der Waals surface area (Å²) in [6.07, 6.45) is 7.28. The van der Waals surface area contributed by atoms with E-state index < -0.39 is 0 Å². The van der Waals surface area contributed by atoms with Gasteiger partial charge in [0.25, 0.3) is 0 Å². The maximum Gasteiger partial charge on any atom is 0.130 e. The standard InChI is InChI=1S/C21H28ClN3O3S/c1-14-9-21(19-16(3-8-28-21)17(13-26)20(22)29-19)5-6-25(14)12-15-10-23-18(24-11-15)4-7-27-2/h10-11,14,26H,3-9,12-13H2,1-2H3/t14-,21+/m0/s1. The lowest BCUT2D eigenvalue weighted by molar-refractivity contribution is -0.110. The first-order chi connectivity index (χ1) is 14.1. The third-order valence-electron chi connectivity index (χ3n) is 6.10. The van der Waals surface area contributed by atoms with Gasteiger partial charge in [0.2, 0.25) is 0 Å². The second-order valence-corrected chi connectivity index (χ2v) is 9.56. The first kappa shape index (κ1) is 21.2. The molecule has 2 aliphatic heterocycles. The molecule has 0 unspecified atom stereocenters. The zero-order chi connectivity index (χ0) is 20.4. The monoisotopic (exact) mass is 437 g/mol. The molecule has 0 aromatic carbocycles. The van der Waals surface area contributed by atoms with Crippen molar-refractivity contribution in [2.75, 3.05) is 26.9 Å². The lowest BCUT2D eigenvalue weighted by Crippen LogP contribution is -2.50. The predicted octanol–water partition coefficient (Wildman–Crippen LogP) is 3.33. The van der Waals surface area contributed by atoms with Gasteiger partial charge in [-0.15, -0.1) is 11.3 Å². The molecule has 0 amide bonds. The highest BCUT2D eigenvalue weighted by molar-refractivity contribution is 7.16.